The molecule has 0 aromatic heterocycles. The Morgan fingerprint density at radius 2 is 1.92 bits per heavy atom. The molecule has 2 atom stereocenters. The Labute approximate surface area is 153 Å². The first-order valence-electron chi connectivity index (χ1n) is 8.84. The summed E-state index contributed by atoms with van der Waals surface area (Å²) in [4.78, 5) is 24.4. The lowest BCUT2D eigenvalue weighted by Gasteiger charge is -2.08. The van der Waals surface area contributed by atoms with Gasteiger partial charge in [0.05, 0.1) is 19.3 Å². The summed E-state index contributed by atoms with van der Waals surface area (Å²) in [6, 6.07) is 14.7. The molecule has 2 aromatic rings. The average Bonchev–Trinajstić information content (AvgIpc) is 3.47. The second-order valence-corrected chi connectivity index (χ2v) is 6.43. The van der Waals surface area contributed by atoms with Gasteiger partial charge in [-0.25, -0.2) is 4.79 Å². The topological polar surface area (TPSA) is 64.6 Å². The van der Waals surface area contributed by atoms with Gasteiger partial charge in [-0.2, -0.15) is 0 Å². The number of carbonyl (C=O) groups excluding carboxylic acids is 2. The molecule has 3 rings (SSSR count). The number of benzene rings is 2. The van der Waals surface area contributed by atoms with Crippen molar-refractivity contribution in [1.29, 1.82) is 0 Å². The summed E-state index contributed by atoms with van der Waals surface area (Å²) < 4.78 is 10.3. The minimum Gasteiger partial charge on any atom is -0.497 e. The Kier molecular flexibility index (Phi) is 5.56. The van der Waals surface area contributed by atoms with Crippen LogP contribution in [0.15, 0.2) is 48.5 Å². The van der Waals surface area contributed by atoms with Crippen LogP contribution in [0.25, 0.3) is 0 Å². The van der Waals surface area contributed by atoms with E-state index in [1.54, 1.807) is 31.4 Å². The average molecular weight is 353 g/mol. The van der Waals surface area contributed by atoms with E-state index in [9.17, 15) is 9.59 Å². The van der Waals surface area contributed by atoms with Crippen molar-refractivity contribution >= 4 is 17.6 Å². The van der Waals surface area contributed by atoms with Gasteiger partial charge in [0.1, 0.15) is 5.75 Å². The summed E-state index contributed by atoms with van der Waals surface area (Å²) in [5.74, 6) is 0.607. The fraction of sp³-hybridized carbons (Fsp3) is 0.333. The molecule has 1 saturated carbocycles. The van der Waals surface area contributed by atoms with Crippen molar-refractivity contribution in [2.24, 2.45) is 5.92 Å². The molecule has 1 N–H and O–H groups in total. The van der Waals surface area contributed by atoms with Crippen LogP contribution in [0.2, 0.25) is 0 Å². The minimum absolute atomic E-state index is 0.0232. The highest BCUT2D eigenvalue weighted by Gasteiger charge is 2.43. The Balaban J connectivity index is 1.59. The van der Waals surface area contributed by atoms with Crippen LogP contribution in [0.4, 0.5) is 5.69 Å². The Hall–Kier alpha value is -2.82. The number of carbonyl (C=O) groups is 2. The van der Waals surface area contributed by atoms with Crippen molar-refractivity contribution in [2.75, 3.05) is 19.0 Å². The Morgan fingerprint density at radius 3 is 2.62 bits per heavy atom. The van der Waals surface area contributed by atoms with Crippen molar-refractivity contribution in [3.63, 3.8) is 0 Å². The van der Waals surface area contributed by atoms with Gasteiger partial charge in [0.25, 0.3) is 0 Å². The third-order valence-electron chi connectivity index (χ3n) is 4.47. The predicted octanol–water partition coefficient (Wildman–Crippen LogP) is 4.00. The Morgan fingerprint density at radius 1 is 1.15 bits per heavy atom. The molecule has 26 heavy (non-hydrogen) atoms. The van der Waals surface area contributed by atoms with E-state index >= 15 is 0 Å². The summed E-state index contributed by atoms with van der Waals surface area (Å²) in [6.45, 7) is 2.33. The van der Waals surface area contributed by atoms with Crippen LogP contribution in [0, 0.1) is 5.92 Å². The molecule has 5 heteroatoms. The van der Waals surface area contributed by atoms with Gasteiger partial charge in [-0.3, -0.25) is 4.79 Å². The first-order chi connectivity index (χ1) is 12.6. The summed E-state index contributed by atoms with van der Waals surface area (Å²) in [5.41, 5.74) is 2.20. The number of hydrogen-bond donors (Lipinski definition) is 1. The molecule has 0 bridgehead atoms. The number of esters is 1. The molecule has 2 unspecified atom stereocenters. The molecule has 1 aliphatic rings. The number of methoxy groups -OCH3 is 1. The van der Waals surface area contributed by atoms with Crippen molar-refractivity contribution in [1.82, 2.24) is 0 Å². The van der Waals surface area contributed by atoms with Crippen LogP contribution < -0.4 is 10.1 Å². The van der Waals surface area contributed by atoms with E-state index in [0.717, 1.165) is 24.2 Å². The van der Waals surface area contributed by atoms with E-state index in [0.29, 0.717) is 17.9 Å². The van der Waals surface area contributed by atoms with Crippen LogP contribution >= 0.6 is 0 Å². The SMILES string of the molecule is CCCOC(=O)c1cccc(NC(=O)C2CC2c2ccc(OC)cc2)c1. The van der Waals surface area contributed by atoms with Gasteiger partial charge in [-0.15, -0.1) is 0 Å². The van der Waals surface area contributed by atoms with Crippen LogP contribution in [0.5, 0.6) is 5.75 Å². The second-order valence-electron chi connectivity index (χ2n) is 6.43. The molecule has 1 amide bonds. The van der Waals surface area contributed by atoms with Gasteiger partial charge < -0.3 is 14.8 Å². The van der Waals surface area contributed by atoms with Gasteiger partial charge in [0.2, 0.25) is 5.91 Å². The molecule has 136 valence electrons. The zero-order chi connectivity index (χ0) is 18.5. The smallest absolute Gasteiger partial charge is 0.338 e. The van der Waals surface area contributed by atoms with Crippen molar-refractivity contribution in [3.8, 4) is 5.75 Å². The molecule has 5 nitrogen and oxygen atoms in total. The summed E-state index contributed by atoms with van der Waals surface area (Å²) in [5, 5.41) is 2.91. The van der Waals surface area contributed by atoms with E-state index in [4.69, 9.17) is 9.47 Å². The highest BCUT2D eigenvalue weighted by atomic mass is 16.5. The lowest BCUT2D eigenvalue weighted by atomic mass is 10.1. The van der Waals surface area contributed by atoms with E-state index in [1.807, 2.05) is 31.2 Å². The molecule has 1 fully saturated rings. The van der Waals surface area contributed by atoms with Gasteiger partial charge >= 0.3 is 5.97 Å². The maximum atomic E-state index is 12.5. The highest BCUT2D eigenvalue weighted by Crippen LogP contribution is 2.48. The number of anilines is 1. The molecule has 0 heterocycles. The van der Waals surface area contributed by atoms with E-state index < -0.39 is 0 Å². The molecule has 1 aliphatic carbocycles. The zero-order valence-electron chi connectivity index (χ0n) is 15.0. The number of rotatable bonds is 7. The fourth-order valence-corrected chi connectivity index (χ4v) is 2.94. The monoisotopic (exact) mass is 353 g/mol. The Bertz CT molecular complexity index is 785. The zero-order valence-corrected chi connectivity index (χ0v) is 15.0. The summed E-state index contributed by atoms with van der Waals surface area (Å²) >= 11 is 0. The van der Waals surface area contributed by atoms with E-state index in [2.05, 4.69) is 5.32 Å². The van der Waals surface area contributed by atoms with Crippen molar-refractivity contribution in [2.45, 2.75) is 25.7 Å². The molecule has 2 aromatic carbocycles. The highest BCUT2D eigenvalue weighted by molar-refractivity contribution is 5.97. The van der Waals surface area contributed by atoms with Gasteiger partial charge in [-0.05, 0) is 54.7 Å². The van der Waals surface area contributed by atoms with Crippen LogP contribution in [0.1, 0.15) is 41.6 Å². The number of nitrogens with one attached hydrogen (secondary N) is 1. The van der Waals surface area contributed by atoms with E-state index in [1.165, 1.54) is 0 Å². The van der Waals surface area contributed by atoms with Crippen LogP contribution in [-0.2, 0) is 9.53 Å². The third-order valence-corrected chi connectivity index (χ3v) is 4.47. The van der Waals surface area contributed by atoms with E-state index in [-0.39, 0.29) is 23.7 Å². The summed E-state index contributed by atoms with van der Waals surface area (Å²) in [6.07, 6.45) is 1.60. The summed E-state index contributed by atoms with van der Waals surface area (Å²) in [7, 11) is 1.63. The maximum absolute atomic E-state index is 12.5. The molecule has 0 saturated heterocycles. The van der Waals surface area contributed by atoms with Gasteiger partial charge in [0, 0.05) is 11.6 Å². The van der Waals surface area contributed by atoms with Gasteiger partial charge in [-0.1, -0.05) is 25.1 Å². The molecule has 0 aliphatic heterocycles. The first kappa shape index (κ1) is 18.0. The maximum Gasteiger partial charge on any atom is 0.338 e. The number of amides is 1. The minimum atomic E-state index is -0.370. The number of ether oxygens (including phenoxy) is 2. The molecule has 0 radical (unpaired) electrons. The van der Waals surface area contributed by atoms with Crippen molar-refractivity contribution < 1.29 is 19.1 Å². The normalized spacial score (nSPS) is 18.1. The first-order valence-corrected chi connectivity index (χ1v) is 8.84. The molecular formula is C21H23NO4. The lowest BCUT2D eigenvalue weighted by Crippen LogP contribution is -2.15. The van der Waals surface area contributed by atoms with Crippen LogP contribution in [-0.4, -0.2) is 25.6 Å². The molecule has 0 spiro atoms. The van der Waals surface area contributed by atoms with Crippen molar-refractivity contribution in [3.05, 3.63) is 59.7 Å². The largest absolute Gasteiger partial charge is 0.497 e. The molecular weight excluding hydrogens is 330 g/mol. The lowest BCUT2D eigenvalue weighted by molar-refractivity contribution is -0.117. The fourth-order valence-electron chi connectivity index (χ4n) is 2.94. The third kappa shape index (κ3) is 4.23. The standard InChI is InChI=1S/C21H23NO4/c1-3-11-26-21(24)15-5-4-6-16(12-15)22-20(23)19-13-18(19)14-7-9-17(25-2)10-8-14/h4-10,12,18-19H,3,11,13H2,1-2H3,(H,22,23). The quantitative estimate of drug-likeness (QED) is 0.764. The number of hydrogen-bond acceptors (Lipinski definition) is 4. The van der Waals surface area contributed by atoms with Gasteiger partial charge in [0.15, 0.2) is 0 Å². The predicted molar refractivity (Wildman–Crippen MR) is 99.5 cm³/mol. The second kappa shape index (κ2) is 8.04. The van der Waals surface area contributed by atoms with Crippen LogP contribution in [0.3, 0.4) is 0 Å².